The predicted molar refractivity (Wildman–Crippen MR) is 110 cm³/mol. The van der Waals surface area contributed by atoms with Crippen LogP contribution in [-0.2, 0) is 20.1 Å². The molecule has 0 atom stereocenters. The summed E-state index contributed by atoms with van der Waals surface area (Å²) in [6, 6.07) is 32.4. The van der Waals surface area contributed by atoms with Gasteiger partial charge in [0.1, 0.15) is 0 Å². The molecule has 0 aliphatic rings. The molecule has 4 aromatic rings. The van der Waals surface area contributed by atoms with Crippen LogP contribution in [0.1, 0.15) is 15.9 Å². The first-order valence-electron chi connectivity index (χ1n) is 8.44. The Hall–Kier alpha value is -2.87. The Morgan fingerprint density at radius 3 is 2.07 bits per heavy atom. The van der Waals surface area contributed by atoms with Gasteiger partial charge in [0, 0.05) is 37.4 Å². The van der Waals surface area contributed by atoms with Crippen molar-refractivity contribution in [2.24, 2.45) is 0 Å². The number of hydrogen-bond acceptors (Lipinski definition) is 2. The van der Waals surface area contributed by atoms with Gasteiger partial charge in [-0.3, -0.25) is 4.79 Å². The van der Waals surface area contributed by atoms with Crippen LogP contribution >= 0.6 is 0 Å². The Bertz CT molecular complexity index is 1030. The van der Waals surface area contributed by atoms with E-state index in [2.05, 4.69) is 29.2 Å². The Balaban J connectivity index is 0.00000140. The number of hydrogen-bond donors (Lipinski definition) is 0. The molecule has 1 heterocycles. The van der Waals surface area contributed by atoms with E-state index >= 15 is 0 Å². The normalized spacial score (nSPS) is 9.71. The van der Waals surface area contributed by atoms with Crippen molar-refractivity contribution in [3.63, 3.8) is 0 Å². The molecular weight excluding hydrogens is 522 g/mol. The van der Waals surface area contributed by atoms with E-state index in [4.69, 9.17) is 0 Å². The van der Waals surface area contributed by atoms with E-state index in [1.807, 2.05) is 72.8 Å². The third kappa shape index (κ3) is 4.69. The Kier molecular flexibility index (Phi) is 7.57. The largest absolute Gasteiger partial charge is 0.358 e. The molecule has 0 saturated carbocycles. The summed E-state index contributed by atoms with van der Waals surface area (Å²) in [5.41, 5.74) is 5.22. The van der Waals surface area contributed by atoms with Crippen LogP contribution in [0.4, 0.5) is 0 Å². The first-order valence-corrected chi connectivity index (χ1v) is 8.44. The molecule has 0 bridgehead atoms. The molecule has 2 nitrogen and oxygen atoms in total. The van der Waals surface area contributed by atoms with Crippen molar-refractivity contribution < 1.29 is 24.9 Å². The molecule has 28 heavy (non-hydrogen) atoms. The second-order valence-electron chi connectivity index (χ2n) is 5.98. The van der Waals surface area contributed by atoms with Crippen molar-refractivity contribution in [1.82, 2.24) is 4.98 Å². The molecule has 0 N–H and O–H groups in total. The number of carbonyl (C=O) groups excluding carboxylic acids is 1. The zero-order valence-electron chi connectivity index (χ0n) is 15.4. The fourth-order valence-electron chi connectivity index (χ4n) is 2.87. The summed E-state index contributed by atoms with van der Waals surface area (Å²) in [6.45, 7) is 0. The van der Waals surface area contributed by atoms with Gasteiger partial charge in [0.05, 0.1) is 0 Å². The van der Waals surface area contributed by atoms with Crippen LogP contribution in [0.3, 0.4) is 0 Å². The third-order valence-electron chi connectivity index (χ3n) is 4.25. The number of ketones is 1. The van der Waals surface area contributed by atoms with Crippen molar-refractivity contribution in [1.29, 1.82) is 0 Å². The second kappa shape index (κ2) is 9.89. The monoisotopic (exact) mass is 542 g/mol. The fourth-order valence-corrected chi connectivity index (χ4v) is 2.87. The Morgan fingerprint density at radius 2 is 1.43 bits per heavy atom. The molecule has 1 aromatic heterocycles. The minimum atomic E-state index is -0.0216. The van der Waals surface area contributed by atoms with Crippen molar-refractivity contribution in [2.75, 3.05) is 0 Å². The SMILES string of the molecule is O=C(c1ccccc1)c1ccc(-c2[c-]ccc(-c3ccccc3)c2)nc1.[CH3-].[Ir]. The van der Waals surface area contributed by atoms with Crippen molar-refractivity contribution >= 4 is 5.78 Å². The van der Waals surface area contributed by atoms with Crippen molar-refractivity contribution in [2.45, 2.75) is 0 Å². The predicted octanol–water partition coefficient (Wildman–Crippen LogP) is 5.89. The van der Waals surface area contributed by atoms with Gasteiger partial charge in [0.25, 0.3) is 0 Å². The van der Waals surface area contributed by atoms with Crippen molar-refractivity contribution in [3.8, 4) is 22.4 Å². The molecule has 0 fully saturated rings. The summed E-state index contributed by atoms with van der Waals surface area (Å²) in [6.07, 6.45) is 1.63. The number of nitrogens with zero attached hydrogens (tertiary/aromatic N) is 1. The molecule has 141 valence electrons. The number of aromatic nitrogens is 1. The Labute approximate surface area is 179 Å². The molecule has 0 unspecified atom stereocenters. The van der Waals surface area contributed by atoms with E-state index in [1.165, 1.54) is 0 Å². The summed E-state index contributed by atoms with van der Waals surface area (Å²) in [7, 11) is 0. The van der Waals surface area contributed by atoms with E-state index in [0.717, 1.165) is 22.4 Å². The maximum Gasteiger partial charge on any atom is 0.194 e. The standard InChI is InChI=1S/C24H16NO.CH3.Ir/c26-24(19-10-5-2-6-11-19)22-14-15-23(25-17-22)21-13-7-12-20(16-21)18-8-3-1-4-9-18;;/h1-12,14-17H;1H3;/q2*-1;. The van der Waals surface area contributed by atoms with E-state index in [0.29, 0.717) is 11.1 Å². The molecule has 0 aliphatic carbocycles. The molecular formula is C25H19IrNO-2. The summed E-state index contributed by atoms with van der Waals surface area (Å²) in [5.74, 6) is -0.0216. The van der Waals surface area contributed by atoms with Gasteiger partial charge in [0.15, 0.2) is 5.78 Å². The molecule has 3 heteroatoms. The number of pyridine rings is 1. The van der Waals surface area contributed by atoms with Gasteiger partial charge in [-0.2, -0.15) is 0 Å². The minimum Gasteiger partial charge on any atom is -0.358 e. The minimum absolute atomic E-state index is 0. The molecule has 0 saturated heterocycles. The molecule has 1 radical (unpaired) electrons. The fraction of sp³-hybridized carbons (Fsp3) is 0. The smallest absolute Gasteiger partial charge is 0.194 e. The first-order chi connectivity index (χ1) is 12.8. The van der Waals surface area contributed by atoms with Crippen LogP contribution in [0.15, 0.2) is 97.2 Å². The molecule has 0 spiro atoms. The number of carbonyl (C=O) groups is 1. The quantitative estimate of drug-likeness (QED) is 0.238. The van der Waals surface area contributed by atoms with Crippen LogP contribution in [0, 0.1) is 13.5 Å². The van der Waals surface area contributed by atoms with Crippen LogP contribution in [0.5, 0.6) is 0 Å². The van der Waals surface area contributed by atoms with E-state index in [1.54, 1.807) is 6.20 Å². The average molecular weight is 542 g/mol. The summed E-state index contributed by atoms with van der Waals surface area (Å²) < 4.78 is 0. The van der Waals surface area contributed by atoms with Gasteiger partial charge in [0.2, 0.25) is 0 Å². The number of benzene rings is 3. The van der Waals surface area contributed by atoms with Gasteiger partial charge in [-0.15, -0.1) is 35.4 Å². The van der Waals surface area contributed by atoms with Crippen LogP contribution < -0.4 is 0 Å². The summed E-state index contributed by atoms with van der Waals surface area (Å²) in [5, 5.41) is 0. The van der Waals surface area contributed by atoms with Gasteiger partial charge in [-0.25, -0.2) is 0 Å². The van der Waals surface area contributed by atoms with Crippen molar-refractivity contribution in [3.05, 3.63) is 122 Å². The van der Waals surface area contributed by atoms with Crippen LogP contribution in [0.25, 0.3) is 22.4 Å². The zero-order chi connectivity index (χ0) is 17.8. The molecule has 0 amide bonds. The topological polar surface area (TPSA) is 30.0 Å². The van der Waals surface area contributed by atoms with Crippen LogP contribution in [-0.4, -0.2) is 10.8 Å². The Morgan fingerprint density at radius 1 is 0.750 bits per heavy atom. The number of rotatable bonds is 4. The van der Waals surface area contributed by atoms with Gasteiger partial charge in [-0.1, -0.05) is 72.8 Å². The summed E-state index contributed by atoms with van der Waals surface area (Å²) >= 11 is 0. The maximum absolute atomic E-state index is 12.5. The summed E-state index contributed by atoms with van der Waals surface area (Å²) in [4.78, 5) is 17.0. The molecule has 0 aliphatic heterocycles. The second-order valence-corrected chi connectivity index (χ2v) is 5.98. The molecule has 3 aromatic carbocycles. The van der Waals surface area contributed by atoms with Gasteiger partial charge >= 0.3 is 0 Å². The maximum atomic E-state index is 12.5. The van der Waals surface area contributed by atoms with E-state index in [9.17, 15) is 4.79 Å². The average Bonchev–Trinajstić information content (AvgIpc) is 2.75. The first kappa shape index (κ1) is 21.4. The zero-order valence-corrected chi connectivity index (χ0v) is 17.8. The van der Waals surface area contributed by atoms with Gasteiger partial charge in [-0.05, 0) is 11.3 Å². The molecule has 4 rings (SSSR count). The van der Waals surface area contributed by atoms with Gasteiger partial charge < -0.3 is 12.4 Å². The van der Waals surface area contributed by atoms with E-state index in [-0.39, 0.29) is 33.3 Å². The van der Waals surface area contributed by atoms with E-state index < -0.39 is 0 Å². The van der Waals surface area contributed by atoms with Crippen LogP contribution in [0.2, 0.25) is 0 Å². The third-order valence-corrected chi connectivity index (χ3v) is 4.25.